The maximum Gasteiger partial charge on any atom is 0.185 e. The number of anilines is 1. The van der Waals surface area contributed by atoms with Crippen molar-refractivity contribution in [3.8, 4) is 5.75 Å². The number of allylic oxidation sites excluding steroid dienone is 5. The third-order valence-corrected chi connectivity index (χ3v) is 8.05. The van der Waals surface area contributed by atoms with Gasteiger partial charge in [0.25, 0.3) is 0 Å². The van der Waals surface area contributed by atoms with Crippen LogP contribution in [0.2, 0.25) is 0 Å². The zero-order valence-corrected chi connectivity index (χ0v) is 22.5. The highest BCUT2D eigenvalue weighted by atomic mass is 32.1. The predicted octanol–water partition coefficient (Wildman–Crippen LogP) is 6.62. The molecule has 3 aliphatic rings. The lowest BCUT2D eigenvalue weighted by Gasteiger charge is -2.27. The van der Waals surface area contributed by atoms with Crippen molar-refractivity contribution in [2.75, 3.05) is 38.3 Å². The van der Waals surface area contributed by atoms with Crippen LogP contribution in [0.25, 0.3) is 0 Å². The van der Waals surface area contributed by atoms with Crippen LogP contribution < -0.4 is 15.0 Å². The van der Waals surface area contributed by atoms with E-state index in [4.69, 9.17) is 14.5 Å². The number of hydrogen-bond donors (Lipinski definition) is 1. The first kappa shape index (κ1) is 25.4. The average Bonchev–Trinajstić information content (AvgIpc) is 3.65. The number of thiazole rings is 1. The minimum absolute atomic E-state index is 0.292. The van der Waals surface area contributed by atoms with Gasteiger partial charge >= 0.3 is 0 Å². The van der Waals surface area contributed by atoms with Crippen molar-refractivity contribution in [1.29, 1.82) is 0 Å². The molecule has 0 saturated heterocycles. The first-order chi connectivity index (χ1) is 18.2. The van der Waals surface area contributed by atoms with Gasteiger partial charge in [-0.15, -0.1) is 11.3 Å². The Morgan fingerprint density at radius 1 is 1.14 bits per heavy atom. The van der Waals surface area contributed by atoms with Crippen LogP contribution in [0.3, 0.4) is 0 Å². The van der Waals surface area contributed by atoms with E-state index in [9.17, 15) is 0 Å². The molecule has 0 amide bonds. The Bertz CT molecular complexity index is 1180. The van der Waals surface area contributed by atoms with Gasteiger partial charge in [0.2, 0.25) is 0 Å². The summed E-state index contributed by atoms with van der Waals surface area (Å²) in [5.74, 6) is 3.38. The number of nitrogens with one attached hydrogen (secondary N) is 1. The normalized spacial score (nSPS) is 20.7. The summed E-state index contributed by atoms with van der Waals surface area (Å²) in [6.07, 6.45) is 17.9. The van der Waals surface area contributed by atoms with Gasteiger partial charge in [0.05, 0.1) is 19.3 Å². The molecule has 1 aromatic heterocycles. The topological polar surface area (TPSA) is 46.6 Å². The predicted molar refractivity (Wildman–Crippen MR) is 153 cm³/mol. The molecule has 5 rings (SSSR count). The van der Waals surface area contributed by atoms with E-state index >= 15 is 0 Å². The minimum atomic E-state index is 0.292. The lowest BCUT2D eigenvalue weighted by atomic mass is 9.95. The first-order valence-electron chi connectivity index (χ1n) is 13.3. The number of para-hydroxylation sites is 1. The van der Waals surface area contributed by atoms with Gasteiger partial charge in [0.1, 0.15) is 18.1 Å². The first-order valence-corrected chi connectivity index (χ1v) is 14.2. The van der Waals surface area contributed by atoms with Crippen LogP contribution in [-0.4, -0.2) is 38.3 Å². The summed E-state index contributed by atoms with van der Waals surface area (Å²) in [5, 5.41) is 6.77. The van der Waals surface area contributed by atoms with Crippen LogP contribution in [-0.2, 0) is 4.74 Å². The van der Waals surface area contributed by atoms with E-state index < -0.39 is 0 Å². The summed E-state index contributed by atoms with van der Waals surface area (Å²) >= 11 is 1.72. The van der Waals surface area contributed by atoms with E-state index in [1.54, 1.807) is 18.4 Å². The van der Waals surface area contributed by atoms with E-state index in [-0.39, 0.29) is 0 Å². The van der Waals surface area contributed by atoms with Crippen molar-refractivity contribution < 1.29 is 9.47 Å². The van der Waals surface area contributed by atoms with Gasteiger partial charge in [0.15, 0.2) is 5.13 Å². The second-order valence-electron chi connectivity index (χ2n) is 9.99. The number of ether oxygens (including phenoxy) is 2. The van der Waals surface area contributed by atoms with Crippen molar-refractivity contribution in [2.45, 2.75) is 31.6 Å². The number of nitrogens with zero attached hydrogens (tertiary/aromatic N) is 2. The maximum absolute atomic E-state index is 6.05. The van der Waals surface area contributed by atoms with Crippen molar-refractivity contribution >= 4 is 16.5 Å². The fraction of sp³-hybridized carbons (Fsp3) is 0.387. The lowest BCUT2D eigenvalue weighted by Crippen LogP contribution is -2.33. The fourth-order valence-electron chi connectivity index (χ4n) is 4.62. The zero-order chi connectivity index (χ0) is 25.5. The molecule has 194 valence electrons. The molecule has 1 heterocycles. The molecule has 1 fully saturated rings. The van der Waals surface area contributed by atoms with Gasteiger partial charge in [-0.3, -0.25) is 0 Å². The van der Waals surface area contributed by atoms with Crippen LogP contribution >= 0.6 is 11.3 Å². The van der Waals surface area contributed by atoms with Gasteiger partial charge < -0.3 is 19.7 Å². The molecule has 37 heavy (non-hydrogen) atoms. The lowest BCUT2D eigenvalue weighted by molar-refractivity contribution is 0.303. The number of aromatic nitrogens is 1. The van der Waals surface area contributed by atoms with Crippen LogP contribution in [0.4, 0.5) is 5.13 Å². The molecule has 6 heteroatoms. The Balaban J connectivity index is 1.22. The number of rotatable bonds is 13. The Morgan fingerprint density at radius 3 is 2.70 bits per heavy atom. The maximum atomic E-state index is 6.05. The highest BCUT2D eigenvalue weighted by Crippen LogP contribution is 2.32. The Kier molecular flexibility index (Phi) is 8.46. The van der Waals surface area contributed by atoms with E-state index in [1.165, 1.54) is 18.4 Å². The molecule has 2 unspecified atom stereocenters. The van der Waals surface area contributed by atoms with Gasteiger partial charge in [-0.25, -0.2) is 4.98 Å². The molecule has 0 bridgehead atoms. The van der Waals surface area contributed by atoms with E-state index in [0.29, 0.717) is 18.4 Å². The van der Waals surface area contributed by atoms with Gasteiger partial charge in [0, 0.05) is 30.1 Å². The zero-order valence-electron chi connectivity index (χ0n) is 21.6. The van der Waals surface area contributed by atoms with E-state index in [2.05, 4.69) is 52.6 Å². The van der Waals surface area contributed by atoms with Crippen LogP contribution in [0.5, 0.6) is 5.75 Å². The second kappa shape index (κ2) is 12.3. The summed E-state index contributed by atoms with van der Waals surface area (Å²) < 4.78 is 11.4. The van der Waals surface area contributed by atoms with Gasteiger partial charge in [-0.05, 0) is 67.4 Å². The van der Waals surface area contributed by atoms with Crippen molar-refractivity contribution in [2.24, 2.45) is 11.8 Å². The largest absolute Gasteiger partial charge is 0.497 e. The minimum Gasteiger partial charge on any atom is -0.497 e. The van der Waals surface area contributed by atoms with Crippen LogP contribution in [0.15, 0.2) is 95.8 Å². The van der Waals surface area contributed by atoms with Gasteiger partial charge in [-0.2, -0.15) is 0 Å². The van der Waals surface area contributed by atoms with Gasteiger partial charge in [-0.1, -0.05) is 49.1 Å². The van der Waals surface area contributed by atoms with Crippen molar-refractivity contribution in [3.63, 3.8) is 0 Å². The standard InChI is InChI=1S/C31H37N3O2S/c1-23(32-20-24-8-9-24)26-12-10-25(11-13-26)21-34(18-19-36-29-6-4-3-5-7-29)31-33-30(22-37-31)27-14-16-28(35-2)17-15-27/h3-7,10,12-14,16-17,22,24-25,27,32H,1,8-9,11,15,18-21H2,2H3. The summed E-state index contributed by atoms with van der Waals surface area (Å²) in [6.45, 7) is 7.61. The molecule has 1 N–H and O–H groups in total. The summed E-state index contributed by atoms with van der Waals surface area (Å²) in [4.78, 5) is 7.45. The molecule has 1 aromatic carbocycles. The number of benzene rings is 1. The Hall–Kier alpha value is -3.25. The SMILES string of the molecule is C=C(NCC1CC1)C1=CCC(CN(CCOc2ccccc2)c2nc(C3C=CC(OC)=CC3)cs2)C=C1. The quantitative estimate of drug-likeness (QED) is 0.325. The highest BCUT2D eigenvalue weighted by Gasteiger charge is 2.22. The molecular weight excluding hydrogens is 478 g/mol. The third kappa shape index (κ3) is 7.16. The molecule has 5 nitrogen and oxygen atoms in total. The van der Waals surface area contributed by atoms with Crippen LogP contribution in [0, 0.1) is 11.8 Å². The number of methoxy groups -OCH3 is 1. The monoisotopic (exact) mass is 515 g/mol. The van der Waals surface area contributed by atoms with Crippen molar-refractivity contribution in [1.82, 2.24) is 10.3 Å². The molecule has 0 spiro atoms. The Morgan fingerprint density at radius 2 is 2.00 bits per heavy atom. The Labute approximate surface area is 224 Å². The molecule has 3 aliphatic carbocycles. The fourth-order valence-corrected chi connectivity index (χ4v) is 5.54. The van der Waals surface area contributed by atoms with Crippen LogP contribution in [0.1, 0.15) is 37.3 Å². The molecular formula is C31H37N3O2S. The molecule has 2 atom stereocenters. The highest BCUT2D eigenvalue weighted by molar-refractivity contribution is 7.13. The molecule has 0 radical (unpaired) electrons. The van der Waals surface area contributed by atoms with Crippen molar-refractivity contribution in [3.05, 3.63) is 101 Å². The summed E-state index contributed by atoms with van der Waals surface area (Å²) in [7, 11) is 1.71. The molecule has 2 aromatic rings. The molecule has 1 saturated carbocycles. The summed E-state index contributed by atoms with van der Waals surface area (Å²) in [5.41, 5.74) is 3.39. The second-order valence-corrected chi connectivity index (χ2v) is 10.8. The smallest absolute Gasteiger partial charge is 0.185 e. The number of hydrogen-bond acceptors (Lipinski definition) is 6. The third-order valence-electron chi connectivity index (χ3n) is 7.13. The average molecular weight is 516 g/mol. The van der Waals surface area contributed by atoms with E-state index in [1.807, 2.05) is 36.4 Å². The summed E-state index contributed by atoms with van der Waals surface area (Å²) in [6, 6.07) is 10.0. The van der Waals surface area contributed by atoms with E-state index in [0.717, 1.165) is 66.4 Å². The molecule has 0 aliphatic heterocycles.